The Balaban J connectivity index is 1.81. The molecule has 0 aliphatic carbocycles. The summed E-state index contributed by atoms with van der Waals surface area (Å²) in [5.41, 5.74) is 1.40. The van der Waals surface area contributed by atoms with E-state index in [1.165, 1.54) is 32.4 Å². The van der Waals surface area contributed by atoms with Crippen LogP contribution in [-0.2, 0) is 15.6 Å². The molecule has 0 bridgehead atoms. The van der Waals surface area contributed by atoms with Gasteiger partial charge in [0.1, 0.15) is 5.75 Å². The molecule has 0 radical (unpaired) electrons. The molecular formula is C23H20N4O6S. The van der Waals surface area contributed by atoms with Gasteiger partial charge in [0.05, 0.1) is 46.5 Å². The van der Waals surface area contributed by atoms with Gasteiger partial charge in [-0.2, -0.15) is 0 Å². The Labute approximate surface area is 195 Å². The molecule has 0 saturated heterocycles. The lowest BCUT2D eigenvalue weighted by molar-refractivity contribution is -0.385. The number of nitro groups is 1. The second-order valence-electron chi connectivity index (χ2n) is 7.19. The van der Waals surface area contributed by atoms with Crippen molar-refractivity contribution in [2.45, 2.75) is 10.6 Å². The normalized spacial score (nSPS) is 11.2. The Kier molecular flexibility index (Phi) is 6.28. The molecule has 0 aliphatic rings. The topological polar surface area (TPSA) is 134 Å². The van der Waals surface area contributed by atoms with E-state index in [-0.39, 0.29) is 22.1 Å². The minimum absolute atomic E-state index is 0.148. The van der Waals surface area contributed by atoms with Crippen molar-refractivity contribution < 1.29 is 22.8 Å². The van der Waals surface area contributed by atoms with Crippen LogP contribution in [0, 0.1) is 10.1 Å². The fourth-order valence-corrected chi connectivity index (χ4v) is 4.72. The molecule has 1 N–H and O–H groups in total. The highest BCUT2D eigenvalue weighted by molar-refractivity contribution is 7.90. The molecule has 3 aromatic carbocycles. The Morgan fingerprint density at radius 3 is 2.32 bits per heavy atom. The van der Waals surface area contributed by atoms with Crippen LogP contribution in [0.15, 0.2) is 71.6 Å². The smallest absolute Gasteiger partial charge is 0.270 e. The molecule has 34 heavy (non-hydrogen) atoms. The monoisotopic (exact) mass is 480 g/mol. The van der Waals surface area contributed by atoms with Crippen molar-refractivity contribution in [1.82, 2.24) is 9.97 Å². The number of para-hydroxylation sites is 3. The van der Waals surface area contributed by atoms with Gasteiger partial charge in [-0.05, 0) is 30.3 Å². The third kappa shape index (κ3) is 4.59. The number of nitrogens with zero attached hydrogens (tertiary/aromatic N) is 3. The highest BCUT2D eigenvalue weighted by atomic mass is 32.2. The molecule has 4 aromatic rings. The van der Waals surface area contributed by atoms with E-state index in [0.29, 0.717) is 28.2 Å². The Bertz CT molecular complexity index is 1490. The average molecular weight is 481 g/mol. The molecule has 174 valence electrons. The molecule has 0 fully saturated rings. The summed E-state index contributed by atoms with van der Waals surface area (Å²) in [7, 11) is -0.987. The number of benzene rings is 3. The van der Waals surface area contributed by atoms with Crippen molar-refractivity contribution in [2.24, 2.45) is 0 Å². The second kappa shape index (κ2) is 9.32. The maximum atomic E-state index is 13.2. The number of nitrogens with one attached hydrogen (secondary N) is 1. The third-order valence-electron chi connectivity index (χ3n) is 5.01. The van der Waals surface area contributed by atoms with E-state index in [0.717, 1.165) is 6.07 Å². The Hall–Kier alpha value is -4.25. The van der Waals surface area contributed by atoms with E-state index >= 15 is 0 Å². The zero-order valence-electron chi connectivity index (χ0n) is 18.3. The summed E-state index contributed by atoms with van der Waals surface area (Å²) in [6, 6.07) is 17.2. The minimum Gasteiger partial charge on any atom is -0.493 e. The van der Waals surface area contributed by atoms with E-state index in [1.54, 1.807) is 42.5 Å². The van der Waals surface area contributed by atoms with E-state index in [9.17, 15) is 18.5 Å². The fraction of sp³-hybridized carbons (Fsp3) is 0.130. The SMILES string of the molecule is COc1cccc(Nc2nc3ccccc3nc2CS(=O)(=O)c2cccc([N+](=O)[O-])c2)c1OC. The van der Waals surface area contributed by atoms with Crippen LogP contribution >= 0.6 is 0 Å². The first-order valence-electron chi connectivity index (χ1n) is 10.0. The first-order chi connectivity index (χ1) is 16.3. The summed E-state index contributed by atoms with van der Waals surface area (Å²) in [6.45, 7) is 0. The van der Waals surface area contributed by atoms with Crippen LogP contribution in [0.4, 0.5) is 17.2 Å². The average Bonchev–Trinajstić information content (AvgIpc) is 2.84. The standard InChI is InChI=1S/C23H20N4O6S/c1-32-21-12-6-11-19(22(21)33-2)26-23-20(24-17-9-3-4-10-18(17)25-23)14-34(30,31)16-8-5-7-15(13-16)27(28)29/h3-13H,14H2,1-2H3,(H,25,26). The zero-order valence-corrected chi connectivity index (χ0v) is 19.1. The number of rotatable bonds is 8. The molecular weight excluding hydrogens is 460 g/mol. The van der Waals surface area contributed by atoms with Crippen LogP contribution in [0.1, 0.15) is 5.69 Å². The molecule has 4 rings (SSSR count). The molecule has 0 aliphatic heterocycles. The molecule has 1 heterocycles. The second-order valence-corrected chi connectivity index (χ2v) is 9.18. The van der Waals surface area contributed by atoms with Crippen LogP contribution in [-0.4, -0.2) is 37.5 Å². The van der Waals surface area contributed by atoms with E-state index in [1.807, 2.05) is 0 Å². The minimum atomic E-state index is -3.98. The Morgan fingerprint density at radius 2 is 1.65 bits per heavy atom. The highest BCUT2D eigenvalue weighted by Gasteiger charge is 2.23. The number of nitro benzene ring substituents is 1. The molecule has 10 nitrogen and oxygen atoms in total. The number of methoxy groups -OCH3 is 2. The number of aromatic nitrogens is 2. The van der Waals surface area contributed by atoms with Crippen LogP contribution in [0.3, 0.4) is 0 Å². The summed E-state index contributed by atoms with van der Waals surface area (Å²) in [4.78, 5) is 19.4. The number of sulfone groups is 1. The Morgan fingerprint density at radius 1 is 0.941 bits per heavy atom. The molecule has 11 heteroatoms. The maximum Gasteiger partial charge on any atom is 0.270 e. The van der Waals surface area contributed by atoms with Gasteiger partial charge in [0.15, 0.2) is 27.2 Å². The lowest BCUT2D eigenvalue weighted by Gasteiger charge is -2.16. The summed E-state index contributed by atoms with van der Waals surface area (Å²) in [5, 5.41) is 14.2. The summed E-state index contributed by atoms with van der Waals surface area (Å²) >= 11 is 0. The molecule has 0 unspecified atom stereocenters. The van der Waals surface area contributed by atoms with Gasteiger partial charge in [-0.15, -0.1) is 0 Å². The van der Waals surface area contributed by atoms with Crippen molar-refractivity contribution in [3.8, 4) is 11.5 Å². The lowest BCUT2D eigenvalue weighted by Crippen LogP contribution is -2.11. The van der Waals surface area contributed by atoms with Gasteiger partial charge in [0.2, 0.25) is 0 Å². The predicted molar refractivity (Wildman–Crippen MR) is 126 cm³/mol. The molecule has 0 spiro atoms. The van der Waals surface area contributed by atoms with Gasteiger partial charge >= 0.3 is 0 Å². The summed E-state index contributed by atoms with van der Waals surface area (Å²) in [5.74, 6) is 0.569. The van der Waals surface area contributed by atoms with Gasteiger partial charge in [0.25, 0.3) is 5.69 Å². The first kappa shape index (κ1) is 22.9. The number of fused-ring (bicyclic) bond motifs is 1. The van der Waals surface area contributed by atoms with Crippen LogP contribution in [0.2, 0.25) is 0 Å². The number of ether oxygens (including phenoxy) is 2. The number of hydrogen-bond acceptors (Lipinski definition) is 9. The zero-order chi connectivity index (χ0) is 24.3. The molecule has 1 aromatic heterocycles. The molecule has 0 atom stereocenters. The van der Waals surface area contributed by atoms with Crippen molar-refractivity contribution in [1.29, 1.82) is 0 Å². The molecule has 0 saturated carbocycles. The third-order valence-corrected chi connectivity index (χ3v) is 6.64. The van der Waals surface area contributed by atoms with Crippen molar-refractivity contribution in [3.05, 3.63) is 82.5 Å². The van der Waals surface area contributed by atoms with Crippen molar-refractivity contribution in [3.63, 3.8) is 0 Å². The maximum absolute atomic E-state index is 13.2. The quantitative estimate of drug-likeness (QED) is 0.290. The van der Waals surface area contributed by atoms with Gasteiger partial charge in [-0.3, -0.25) is 10.1 Å². The van der Waals surface area contributed by atoms with Crippen molar-refractivity contribution >= 4 is 38.1 Å². The van der Waals surface area contributed by atoms with E-state index in [4.69, 9.17) is 9.47 Å². The largest absolute Gasteiger partial charge is 0.493 e. The number of hydrogen-bond donors (Lipinski definition) is 1. The number of anilines is 2. The first-order valence-corrected chi connectivity index (χ1v) is 11.7. The summed E-state index contributed by atoms with van der Waals surface area (Å²) < 4.78 is 37.1. The van der Waals surface area contributed by atoms with E-state index < -0.39 is 20.5 Å². The predicted octanol–water partition coefficient (Wildman–Crippen LogP) is 4.27. The number of non-ortho nitro benzene ring substituents is 1. The van der Waals surface area contributed by atoms with Crippen LogP contribution < -0.4 is 14.8 Å². The van der Waals surface area contributed by atoms with E-state index in [2.05, 4.69) is 15.3 Å². The summed E-state index contributed by atoms with van der Waals surface area (Å²) in [6.07, 6.45) is 0. The molecule has 0 amide bonds. The highest BCUT2D eigenvalue weighted by Crippen LogP contribution is 2.37. The van der Waals surface area contributed by atoms with Gasteiger partial charge < -0.3 is 14.8 Å². The van der Waals surface area contributed by atoms with Gasteiger partial charge in [0, 0.05) is 12.1 Å². The van der Waals surface area contributed by atoms with Crippen LogP contribution in [0.25, 0.3) is 11.0 Å². The fourth-order valence-electron chi connectivity index (χ4n) is 3.40. The van der Waals surface area contributed by atoms with Gasteiger partial charge in [-0.25, -0.2) is 18.4 Å². The van der Waals surface area contributed by atoms with Crippen molar-refractivity contribution in [2.75, 3.05) is 19.5 Å². The lowest BCUT2D eigenvalue weighted by atomic mass is 10.2. The van der Waals surface area contributed by atoms with Gasteiger partial charge in [-0.1, -0.05) is 24.3 Å². The van der Waals surface area contributed by atoms with Crippen LogP contribution in [0.5, 0.6) is 11.5 Å².